The molecule has 194 valence electrons. The van der Waals surface area contributed by atoms with Crippen molar-refractivity contribution in [3.8, 4) is 5.75 Å². The Balaban J connectivity index is 1.08. The van der Waals surface area contributed by atoms with Crippen LogP contribution in [0.5, 0.6) is 5.75 Å². The van der Waals surface area contributed by atoms with E-state index in [1.54, 1.807) is 0 Å². The number of ether oxygens (including phenoxy) is 1. The second-order valence-corrected chi connectivity index (χ2v) is 11.9. The fourth-order valence-corrected chi connectivity index (χ4v) is 6.25. The van der Waals surface area contributed by atoms with Crippen molar-refractivity contribution in [3.63, 3.8) is 0 Å². The Morgan fingerprint density at radius 3 is 2.69 bits per heavy atom. The van der Waals surface area contributed by atoms with Crippen molar-refractivity contribution in [2.45, 2.75) is 76.5 Å². The zero-order valence-electron chi connectivity index (χ0n) is 21.8. The predicted octanol–water partition coefficient (Wildman–Crippen LogP) is 4.86. The topological polar surface area (TPSA) is 86.4 Å². The van der Waals surface area contributed by atoms with Gasteiger partial charge in [-0.05, 0) is 89.3 Å². The molecule has 1 aromatic carbocycles. The molecular formula is C30H41N3O3. The van der Waals surface area contributed by atoms with Gasteiger partial charge in [-0.2, -0.15) is 0 Å². The number of aromatic nitrogens is 1. The van der Waals surface area contributed by atoms with Gasteiger partial charge in [0.25, 0.3) is 0 Å². The van der Waals surface area contributed by atoms with Gasteiger partial charge < -0.3 is 25.5 Å². The summed E-state index contributed by atoms with van der Waals surface area (Å²) < 4.78 is 5.92. The number of allylic oxidation sites excluding steroid dienone is 3. The number of rotatable bonds is 9. The summed E-state index contributed by atoms with van der Waals surface area (Å²) in [6.45, 7) is 7.35. The van der Waals surface area contributed by atoms with Gasteiger partial charge in [0, 0.05) is 46.2 Å². The molecule has 0 saturated heterocycles. The number of carbonyl (C=O) groups excluding carboxylic acids is 1. The van der Waals surface area contributed by atoms with Crippen molar-refractivity contribution < 1.29 is 14.6 Å². The van der Waals surface area contributed by atoms with Gasteiger partial charge in [-0.15, -0.1) is 0 Å². The summed E-state index contributed by atoms with van der Waals surface area (Å²) in [7, 11) is 0. The number of nitrogens with one attached hydrogen (secondary N) is 3. The van der Waals surface area contributed by atoms with Crippen LogP contribution >= 0.6 is 0 Å². The minimum atomic E-state index is -0.586. The zero-order valence-corrected chi connectivity index (χ0v) is 21.8. The van der Waals surface area contributed by atoms with Gasteiger partial charge in [0.2, 0.25) is 5.91 Å². The molecule has 6 nitrogen and oxygen atoms in total. The quantitative estimate of drug-likeness (QED) is 0.377. The summed E-state index contributed by atoms with van der Waals surface area (Å²) in [4.78, 5) is 16.3. The number of amides is 1. The number of hydrogen-bond acceptors (Lipinski definition) is 4. The van der Waals surface area contributed by atoms with Crippen LogP contribution in [0.3, 0.4) is 0 Å². The van der Waals surface area contributed by atoms with Crippen LogP contribution in [0.4, 0.5) is 0 Å². The van der Waals surface area contributed by atoms with Gasteiger partial charge in [0.1, 0.15) is 18.5 Å². The largest absolute Gasteiger partial charge is 0.490 e. The van der Waals surface area contributed by atoms with E-state index in [9.17, 15) is 9.90 Å². The standard InChI is InChI=1S/C30H41N3O3/c1-29(2,33-28(35)25-17-20-7-9-21(25)10-8-20)22-11-14-30(3,15-12-22)32-18-23(34)19-36-27-6-4-5-26-24(27)13-16-31-26/h4-7,9,13,16-17,20-23,31-32,34H,8,10-12,14-15,18-19H2,1-3H3,(H,33,35). The summed E-state index contributed by atoms with van der Waals surface area (Å²) in [5.74, 6) is 2.06. The lowest BCUT2D eigenvalue weighted by Crippen LogP contribution is -2.55. The molecule has 4 aliphatic rings. The maximum Gasteiger partial charge on any atom is 0.247 e. The Bertz CT molecular complexity index is 1140. The van der Waals surface area contributed by atoms with E-state index >= 15 is 0 Å². The Morgan fingerprint density at radius 1 is 1.19 bits per heavy atom. The van der Waals surface area contributed by atoms with Crippen LogP contribution in [0, 0.1) is 17.8 Å². The monoisotopic (exact) mass is 491 g/mol. The van der Waals surface area contributed by atoms with Crippen LogP contribution in [-0.2, 0) is 4.79 Å². The van der Waals surface area contributed by atoms with Crippen LogP contribution in [0.15, 0.2) is 54.3 Å². The average molecular weight is 492 g/mol. The number of aromatic amines is 1. The SMILES string of the molecule is CC1(NCC(O)COc2cccc3[nH]ccc23)CCC(C(C)(C)NC(=O)C2=CC3C=CC2CC3)CC1. The Morgan fingerprint density at radius 2 is 2.00 bits per heavy atom. The fraction of sp³-hybridized carbons (Fsp3) is 0.567. The van der Waals surface area contributed by atoms with Crippen LogP contribution < -0.4 is 15.4 Å². The molecule has 36 heavy (non-hydrogen) atoms. The smallest absolute Gasteiger partial charge is 0.247 e. The molecule has 6 rings (SSSR count). The van der Waals surface area contributed by atoms with Gasteiger partial charge in [0.05, 0.1) is 0 Å². The Hall–Kier alpha value is -2.57. The molecule has 6 heteroatoms. The van der Waals surface area contributed by atoms with Gasteiger partial charge in [-0.25, -0.2) is 0 Å². The second-order valence-electron chi connectivity index (χ2n) is 11.9. The minimum absolute atomic E-state index is 0.0198. The highest BCUT2D eigenvalue weighted by Crippen LogP contribution is 2.39. The third kappa shape index (κ3) is 5.40. The molecule has 1 fully saturated rings. The summed E-state index contributed by atoms with van der Waals surface area (Å²) in [5, 5.41) is 18.6. The first-order valence-corrected chi connectivity index (χ1v) is 13.6. The minimum Gasteiger partial charge on any atom is -0.490 e. The van der Waals surface area contributed by atoms with E-state index in [0.717, 1.165) is 54.3 Å². The van der Waals surface area contributed by atoms with Gasteiger partial charge in [-0.1, -0.05) is 24.3 Å². The van der Waals surface area contributed by atoms with Crippen LogP contribution in [0.25, 0.3) is 10.9 Å². The molecule has 0 radical (unpaired) electrons. The van der Waals surface area contributed by atoms with Crippen molar-refractivity contribution in [2.24, 2.45) is 17.8 Å². The third-order valence-electron chi connectivity index (χ3n) is 8.75. The highest BCUT2D eigenvalue weighted by Gasteiger charge is 2.40. The highest BCUT2D eigenvalue weighted by atomic mass is 16.5. The number of carbonyl (C=O) groups is 1. The number of aliphatic hydroxyl groups is 1. The van der Waals surface area contributed by atoms with E-state index in [0.29, 0.717) is 18.4 Å². The number of H-pyrrole nitrogens is 1. The summed E-state index contributed by atoms with van der Waals surface area (Å²) in [6, 6.07) is 7.89. The molecule has 1 heterocycles. The lowest BCUT2D eigenvalue weighted by Gasteiger charge is -2.45. The molecule has 2 bridgehead atoms. The summed E-state index contributed by atoms with van der Waals surface area (Å²) in [6.07, 6.45) is 14.3. The first kappa shape index (κ1) is 25.1. The van der Waals surface area contributed by atoms with Gasteiger partial charge >= 0.3 is 0 Å². The molecule has 3 unspecified atom stereocenters. The maximum atomic E-state index is 13.1. The fourth-order valence-electron chi connectivity index (χ4n) is 6.25. The van der Waals surface area contributed by atoms with Crippen LogP contribution in [0.2, 0.25) is 0 Å². The van der Waals surface area contributed by atoms with Gasteiger partial charge in [0.15, 0.2) is 0 Å². The molecule has 1 aromatic heterocycles. The molecule has 0 spiro atoms. The normalized spacial score (nSPS) is 28.7. The summed E-state index contributed by atoms with van der Waals surface area (Å²) >= 11 is 0. The third-order valence-corrected chi connectivity index (χ3v) is 8.75. The van der Waals surface area contributed by atoms with Crippen molar-refractivity contribution in [1.82, 2.24) is 15.6 Å². The predicted molar refractivity (Wildman–Crippen MR) is 144 cm³/mol. The maximum absolute atomic E-state index is 13.1. The number of hydrogen-bond donors (Lipinski definition) is 4. The molecule has 0 aliphatic heterocycles. The number of aliphatic hydroxyl groups excluding tert-OH is 1. The van der Waals surface area contributed by atoms with E-state index in [1.807, 2.05) is 30.5 Å². The van der Waals surface area contributed by atoms with E-state index in [2.05, 4.69) is 54.6 Å². The van der Waals surface area contributed by atoms with Crippen LogP contribution in [-0.4, -0.2) is 46.3 Å². The zero-order chi connectivity index (χ0) is 25.3. The molecule has 2 aromatic rings. The van der Waals surface area contributed by atoms with Crippen LogP contribution in [0.1, 0.15) is 59.3 Å². The van der Waals surface area contributed by atoms with E-state index in [-0.39, 0.29) is 29.5 Å². The van der Waals surface area contributed by atoms with Gasteiger partial charge in [-0.3, -0.25) is 4.79 Å². The lowest BCUT2D eigenvalue weighted by molar-refractivity contribution is -0.120. The average Bonchev–Trinajstić information content (AvgIpc) is 3.37. The van der Waals surface area contributed by atoms with Crippen molar-refractivity contribution in [2.75, 3.05) is 13.2 Å². The first-order valence-electron chi connectivity index (χ1n) is 13.6. The Kier molecular flexibility index (Phi) is 7.01. The molecule has 4 N–H and O–H groups in total. The number of β-amino-alcohol motifs (C(OH)–C–C–N with tert-alkyl or cyclic N) is 1. The lowest BCUT2D eigenvalue weighted by atomic mass is 9.70. The highest BCUT2D eigenvalue weighted by molar-refractivity contribution is 5.95. The first-order chi connectivity index (χ1) is 17.2. The molecule has 1 saturated carbocycles. The molecule has 1 amide bonds. The van der Waals surface area contributed by atoms with E-state index in [1.165, 1.54) is 6.42 Å². The number of benzene rings is 1. The van der Waals surface area contributed by atoms with Crippen molar-refractivity contribution in [3.05, 3.63) is 54.3 Å². The Labute approximate surface area is 214 Å². The van der Waals surface area contributed by atoms with Crippen molar-refractivity contribution >= 4 is 16.8 Å². The van der Waals surface area contributed by atoms with E-state index in [4.69, 9.17) is 4.74 Å². The van der Waals surface area contributed by atoms with Crippen molar-refractivity contribution in [1.29, 1.82) is 0 Å². The number of fused-ring (bicyclic) bond motifs is 2. The molecule has 3 atom stereocenters. The molecular weight excluding hydrogens is 450 g/mol. The van der Waals surface area contributed by atoms with E-state index < -0.39 is 6.10 Å². The second kappa shape index (κ2) is 10.1. The summed E-state index contributed by atoms with van der Waals surface area (Å²) in [5.41, 5.74) is 1.73. The molecule has 4 aliphatic carbocycles.